The van der Waals surface area contributed by atoms with Crippen LogP contribution in [0.25, 0.3) is 168 Å². The summed E-state index contributed by atoms with van der Waals surface area (Å²) in [4.78, 5) is 31.7. The number of para-hydroxylation sites is 2. The molecule has 8 nitrogen and oxygen atoms in total. The van der Waals surface area contributed by atoms with E-state index in [-0.39, 0.29) is 0 Å². The van der Waals surface area contributed by atoms with Gasteiger partial charge in [0.15, 0.2) is 34.9 Å². The molecule has 0 bridgehead atoms. The van der Waals surface area contributed by atoms with Crippen LogP contribution in [0.15, 0.2) is 303 Å². The van der Waals surface area contributed by atoms with E-state index in [1.54, 1.807) is 0 Å². The second-order valence-corrected chi connectivity index (χ2v) is 25.1. The topological polar surface area (TPSA) is 87.2 Å². The number of hydrogen-bond donors (Lipinski definition) is 0. The predicted octanol–water partition coefficient (Wildman–Crippen LogP) is 22.2. The van der Waals surface area contributed by atoms with E-state index in [2.05, 4.69) is 267 Å². The zero-order valence-corrected chi connectivity index (χ0v) is 53.4. The molecule has 8 heteroatoms. The van der Waals surface area contributed by atoms with Crippen LogP contribution >= 0.6 is 0 Å². The lowest BCUT2D eigenvalue weighted by Crippen LogP contribution is -2.02. The highest BCUT2D eigenvalue weighted by atomic mass is 15.1. The zero-order valence-electron chi connectivity index (χ0n) is 53.4. The Morgan fingerprint density at radius 2 is 0.438 bits per heavy atom. The maximum absolute atomic E-state index is 5.35. The molecule has 0 aliphatic carbocycles. The van der Waals surface area contributed by atoms with Gasteiger partial charge in [-0.05, 0) is 151 Å². The van der Waals surface area contributed by atoms with Crippen molar-refractivity contribution in [3.8, 4) is 124 Å². The summed E-state index contributed by atoms with van der Waals surface area (Å²) in [5.41, 5.74) is 25.3. The van der Waals surface area contributed by atoms with Crippen LogP contribution in [0.2, 0.25) is 0 Å². The maximum Gasteiger partial charge on any atom is 0.164 e. The van der Waals surface area contributed by atoms with Gasteiger partial charge in [0, 0.05) is 66.3 Å². The molecule has 4 aromatic heterocycles. The van der Waals surface area contributed by atoms with Gasteiger partial charge in [-0.25, -0.2) is 29.9 Å². The van der Waals surface area contributed by atoms with Gasteiger partial charge in [-0.3, -0.25) is 0 Å². The Morgan fingerprint density at radius 3 is 0.792 bits per heavy atom. The normalized spacial score (nSPS) is 11.5. The lowest BCUT2D eigenvalue weighted by atomic mass is 9.95. The molecule has 0 amide bonds. The van der Waals surface area contributed by atoms with Crippen molar-refractivity contribution in [1.82, 2.24) is 39.0 Å². The fraction of sp³-hybridized carbons (Fsp3) is 0.0455. The van der Waals surface area contributed by atoms with Gasteiger partial charge in [-0.2, -0.15) is 0 Å². The molecule has 0 fully saturated rings. The summed E-state index contributed by atoms with van der Waals surface area (Å²) in [6.07, 6.45) is 0. The van der Waals surface area contributed by atoms with Crippen LogP contribution in [0.5, 0.6) is 0 Å². The number of nitrogens with zero attached hydrogens (tertiary/aromatic N) is 8. The first-order chi connectivity index (χ1) is 47.1. The number of hydrogen-bond acceptors (Lipinski definition) is 6. The molecule has 0 aliphatic rings. The van der Waals surface area contributed by atoms with Gasteiger partial charge in [0.05, 0.1) is 22.1 Å². The molecule has 0 N–H and O–H groups in total. The Balaban J connectivity index is 0.892. The van der Waals surface area contributed by atoms with E-state index in [9.17, 15) is 0 Å². The van der Waals surface area contributed by atoms with E-state index in [1.807, 2.05) is 72.8 Å². The summed E-state index contributed by atoms with van der Waals surface area (Å²) in [5, 5.41) is 4.66. The summed E-state index contributed by atoms with van der Waals surface area (Å²) in [5.74, 6) is 3.49. The van der Waals surface area contributed by atoms with E-state index in [4.69, 9.17) is 29.9 Å². The summed E-state index contributed by atoms with van der Waals surface area (Å²) in [6.45, 7) is 8.68. The van der Waals surface area contributed by atoms with Crippen molar-refractivity contribution >= 4 is 43.6 Å². The molecule has 96 heavy (non-hydrogen) atoms. The summed E-state index contributed by atoms with van der Waals surface area (Å²) in [7, 11) is 0. The van der Waals surface area contributed by atoms with Crippen molar-refractivity contribution in [2.24, 2.45) is 0 Å². The monoisotopic (exact) mass is 1230 g/mol. The third-order valence-corrected chi connectivity index (χ3v) is 18.3. The second-order valence-electron chi connectivity index (χ2n) is 25.1. The highest BCUT2D eigenvalue weighted by Crippen LogP contribution is 2.42. The van der Waals surface area contributed by atoms with Crippen LogP contribution < -0.4 is 0 Å². The molecular formula is C88H62N8. The second kappa shape index (κ2) is 23.9. The molecule has 454 valence electrons. The van der Waals surface area contributed by atoms with Crippen LogP contribution in [0.1, 0.15) is 22.3 Å². The Bertz CT molecular complexity index is 5360. The molecule has 17 rings (SSSR count). The van der Waals surface area contributed by atoms with Crippen molar-refractivity contribution in [2.75, 3.05) is 0 Å². The number of aromatic nitrogens is 8. The molecule has 0 saturated carbocycles. The number of benzene rings is 13. The molecule has 0 spiro atoms. The maximum atomic E-state index is 5.35. The first kappa shape index (κ1) is 57.4. The Morgan fingerprint density at radius 1 is 0.177 bits per heavy atom. The van der Waals surface area contributed by atoms with Gasteiger partial charge in [0.2, 0.25) is 0 Å². The van der Waals surface area contributed by atoms with E-state index in [0.717, 1.165) is 99.8 Å². The van der Waals surface area contributed by atoms with E-state index < -0.39 is 0 Å². The Labute approximate surface area is 556 Å². The fourth-order valence-electron chi connectivity index (χ4n) is 14.0. The molecular weight excluding hydrogens is 1170 g/mol. The standard InChI is InChI=1S/C88H62N8/c1-55-40-56(2)43-67(42-55)65-36-38-81-77(53-65)75-32-17-19-34-79(75)95(81)73-49-69(47-71(51-73)87-91-83(59-22-9-5-10-23-59)89-84(92-87)60-24-11-6-12-25-60)63-30-21-31-64(46-63)70-48-72(88-93-85(61-26-13-7-14-27-61)90-86(94-88)62-28-15-8-16-29-62)52-74(50-70)96-80-35-20-18-33-76(80)78-54-66(37-39-82(78)96)68-44-57(3)41-58(4)45-68/h5-54H,1-4H3. The third-order valence-electron chi connectivity index (χ3n) is 18.3. The van der Waals surface area contributed by atoms with Crippen molar-refractivity contribution in [3.05, 3.63) is 326 Å². The highest BCUT2D eigenvalue weighted by molar-refractivity contribution is 6.12. The quantitative estimate of drug-likeness (QED) is 0.121. The zero-order chi connectivity index (χ0) is 64.4. The van der Waals surface area contributed by atoms with Crippen molar-refractivity contribution in [1.29, 1.82) is 0 Å². The lowest BCUT2D eigenvalue weighted by Gasteiger charge is -2.16. The van der Waals surface area contributed by atoms with Gasteiger partial charge in [-0.1, -0.05) is 247 Å². The van der Waals surface area contributed by atoms with Crippen molar-refractivity contribution in [3.63, 3.8) is 0 Å². The molecule has 17 aromatic rings. The van der Waals surface area contributed by atoms with E-state index in [1.165, 1.54) is 55.3 Å². The lowest BCUT2D eigenvalue weighted by molar-refractivity contribution is 1.07. The van der Waals surface area contributed by atoms with Crippen LogP contribution in [-0.4, -0.2) is 39.0 Å². The molecule has 4 heterocycles. The summed E-state index contributed by atoms with van der Waals surface area (Å²) >= 11 is 0. The smallest absolute Gasteiger partial charge is 0.164 e. The first-order valence-electron chi connectivity index (χ1n) is 32.5. The summed E-state index contributed by atoms with van der Waals surface area (Å²) < 4.78 is 4.80. The van der Waals surface area contributed by atoms with E-state index in [0.29, 0.717) is 34.9 Å². The van der Waals surface area contributed by atoms with Crippen LogP contribution in [0, 0.1) is 27.7 Å². The highest BCUT2D eigenvalue weighted by Gasteiger charge is 2.22. The molecule has 13 aromatic carbocycles. The largest absolute Gasteiger partial charge is 0.309 e. The molecule has 0 aliphatic heterocycles. The predicted molar refractivity (Wildman–Crippen MR) is 395 cm³/mol. The first-order valence-corrected chi connectivity index (χ1v) is 32.5. The Kier molecular flexibility index (Phi) is 14.3. The molecule has 0 atom stereocenters. The number of rotatable bonds is 12. The average molecular weight is 1230 g/mol. The summed E-state index contributed by atoms with van der Waals surface area (Å²) in [6, 6.07) is 108. The van der Waals surface area contributed by atoms with Gasteiger partial charge in [0.25, 0.3) is 0 Å². The molecule has 0 unspecified atom stereocenters. The fourth-order valence-corrected chi connectivity index (χ4v) is 14.0. The van der Waals surface area contributed by atoms with E-state index >= 15 is 0 Å². The van der Waals surface area contributed by atoms with Crippen LogP contribution in [-0.2, 0) is 0 Å². The van der Waals surface area contributed by atoms with Crippen molar-refractivity contribution < 1.29 is 0 Å². The van der Waals surface area contributed by atoms with Crippen LogP contribution in [0.4, 0.5) is 0 Å². The SMILES string of the molecule is Cc1cc(C)cc(-c2ccc3c(c2)c2ccccc2n3-c2cc(-c3cccc(-c4cc(-c5nc(-c6ccccc6)nc(-c6ccccc6)n5)cc(-n5c6ccccc6c6cc(-c7cc(C)cc(C)c7)ccc65)c4)c3)cc(-c3nc(-c4ccccc4)nc(-c4ccccc4)n3)c2)c1. The van der Waals surface area contributed by atoms with Crippen LogP contribution in [0.3, 0.4) is 0 Å². The Hall–Kier alpha value is -12.5. The van der Waals surface area contributed by atoms with Gasteiger partial charge in [0.1, 0.15) is 0 Å². The minimum Gasteiger partial charge on any atom is -0.309 e. The third kappa shape index (κ3) is 10.8. The minimum atomic E-state index is 0.562. The molecule has 0 radical (unpaired) electrons. The average Bonchev–Trinajstić information content (AvgIpc) is 1.57. The van der Waals surface area contributed by atoms with Gasteiger partial charge >= 0.3 is 0 Å². The molecule has 0 saturated heterocycles. The minimum absolute atomic E-state index is 0.562. The number of aryl methyl sites for hydroxylation is 4. The number of fused-ring (bicyclic) bond motifs is 6. The van der Waals surface area contributed by atoms with Gasteiger partial charge < -0.3 is 9.13 Å². The van der Waals surface area contributed by atoms with Crippen molar-refractivity contribution in [2.45, 2.75) is 27.7 Å². The van der Waals surface area contributed by atoms with Gasteiger partial charge in [-0.15, -0.1) is 0 Å².